The lowest BCUT2D eigenvalue weighted by molar-refractivity contribution is 0.0697. The number of likely N-dealkylation sites (tertiary alicyclic amines) is 1. The molecule has 3 aromatic rings. The van der Waals surface area contributed by atoms with E-state index in [0.717, 1.165) is 41.9 Å². The van der Waals surface area contributed by atoms with Gasteiger partial charge < -0.3 is 5.11 Å². The van der Waals surface area contributed by atoms with E-state index in [2.05, 4.69) is 33.9 Å². The number of carboxylic acid groups (broad SMARTS) is 1. The fourth-order valence-corrected chi connectivity index (χ4v) is 4.19. The fourth-order valence-electron chi connectivity index (χ4n) is 4.19. The van der Waals surface area contributed by atoms with Crippen molar-refractivity contribution in [2.75, 3.05) is 6.54 Å². The van der Waals surface area contributed by atoms with Crippen molar-refractivity contribution in [2.45, 2.75) is 38.8 Å². The summed E-state index contributed by atoms with van der Waals surface area (Å²) >= 11 is 0. The van der Waals surface area contributed by atoms with Gasteiger partial charge in [-0.15, -0.1) is 0 Å². The molecule has 1 aliphatic rings. The maximum atomic E-state index is 11.5. The minimum absolute atomic E-state index is 0.319. The summed E-state index contributed by atoms with van der Waals surface area (Å²) in [5.74, 6) is -0.902. The lowest BCUT2D eigenvalue weighted by atomic mass is 9.95. The van der Waals surface area contributed by atoms with Gasteiger partial charge in [-0.2, -0.15) is 0 Å². The second kappa shape index (κ2) is 8.53. The molecular weight excluding hydrogens is 362 g/mol. The first-order valence-electron chi connectivity index (χ1n) is 10.1. The monoisotopic (exact) mass is 387 g/mol. The van der Waals surface area contributed by atoms with Crippen LogP contribution in [0.1, 0.15) is 52.5 Å². The molecule has 1 saturated heterocycles. The van der Waals surface area contributed by atoms with Crippen molar-refractivity contribution in [3.05, 3.63) is 83.4 Å². The van der Waals surface area contributed by atoms with Crippen molar-refractivity contribution in [2.24, 2.45) is 0 Å². The normalized spacial score (nSPS) is 17.2. The number of piperidine rings is 1. The summed E-state index contributed by atoms with van der Waals surface area (Å²) in [4.78, 5) is 22.7. The third kappa shape index (κ3) is 4.20. The van der Waals surface area contributed by atoms with Crippen LogP contribution < -0.4 is 0 Å². The average Bonchev–Trinajstić information content (AvgIpc) is 2.75. The predicted octanol–water partition coefficient (Wildman–Crippen LogP) is 4.88. The molecule has 5 heteroatoms. The number of carboxylic acids is 1. The van der Waals surface area contributed by atoms with Gasteiger partial charge in [0.15, 0.2) is 0 Å². The van der Waals surface area contributed by atoms with Crippen molar-refractivity contribution in [1.82, 2.24) is 14.9 Å². The maximum absolute atomic E-state index is 11.5. The van der Waals surface area contributed by atoms with E-state index in [0.29, 0.717) is 11.6 Å². The lowest BCUT2D eigenvalue weighted by Gasteiger charge is -2.36. The first kappa shape index (κ1) is 19.3. The minimum atomic E-state index is -0.902. The standard InChI is InChI=1S/C24H25N3O2/c1-17-14-25-16-26-23(17)22-8-4-5-13-27(22)15-18-9-11-19(12-10-18)20-6-2-3-7-21(20)24(28)29/h2-3,6-7,9-12,14,16,22H,4-5,8,13,15H2,1H3,(H,28,29). The van der Waals surface area contributed by atoms with Crippen molar-refractivity contribution < 1.29 is 9.90 Å². The zero-order valence-electron chi connectivity index (χ0n) is 16.6. The van der Waals surface area contributed by atoms with E-state index >= 15 is 0 Å². The number of aromatic carboxylic acids is 1. The van der Waals surface area contributed by atoms with Crippen molar-refractivity contribution in [3.63, 3.8) is 0 Å². The molecule has 0 saturated carbocycles. The Morgan fingerprint density at radius 2 is 1.93 bits per heavy atom. The third-order valence-electron chi connectivity index (χ3n) is 5.67. The molecule has 1 atom stereocenters. The first-order valence-corrected chi connectivity index (χ1v) is 10.1. The van der Waals surface area contributed by atoms with Crippen LogP contribution in [0.2, 0.25) is 0 Å². The van der Waals surface area contributed by atoms with E-state index in [9.17, 15) is 9.90 Å². The fraction of sp³-hybridized carbons (Fsp3) is 0.292. The van der Waals surface area contributed by atoms with Crippen LogP contribution in [0.3, 0.4) is 0 Å². The highest BCUT2D eigenvalue weighted by Crippen LogP contribution is 2.33. The zero-order chi connectivity index (χ0) is 20.2. The number of carbonyl (C=O) groups is 1. The van der Waals surface area contributed by atoms with Crippen molar-refractivity contribution in [1.29, 1.82) is 0 Å². The topological polar surface area (TPSA) is 66.3 Å². The molecule has 4 rings (SSSR count). The summed E-state index contributed by atoms with van der Waals surface area (Å²) in [5.41, 5.74) is 5.50. The highest BCUT2D eigenvalue weighted by molar-refractivity contribution is 5.95. The summed E-state index contributed by atoms with van der Waals surface area (Å²) in [6.07, 6.45) is 7.07. The number of aromatic nitrogens is 2. The maximum Gasteiger partial charge on any atom is 0.336 e. The van der Waals surface area contributed by atoms with Crippen LogP contribution in [0, 0.1) is 6.92 Å². The second-order valence-corrected chi connectivity index (χ2v) is 7.62. The van der Waals surface area contributed by atoms with E-state index in [-0.39, 0.29) is 0 Å². The molecule has 0 radical (unpaired) electrons. The number of hydrogen-bond donors (Lipinski definition) is 1. The van der Waals surface area contributed by atoms with Crippen LogP contribution in [-0.4, -0.2) is 32.5 Å². The van der Waals surface area contributed by atoms with Crippen LogP contribution in [0.5, 0.6) is 0 Å². The smallest absolute Gasteiger partial charge is 0.336 e. The molecule has 0 amide bonds. The van der Waals surface area contributed by atoms with Gasteiger partial charge in [-0.05, 0) is 54.6 Å². The Balaban J connectivity index is 1.55. The summed E-state index contributed by atoms with van der Waals surface area (Å²) in [7, 11) is 0. The van der Waals surface area contributed by atoms with Gasteiger partial charge in [-0.1, -0.05) is 48.9 Å². The summed E-state index contributed by atoms with van der Waals surface area (Å²) in [5, 5.41) is 9.44. The molecule has 29 heavy (non-hydrogen) atoms. The van der Waals surface area contributed by atoms with E-state index in [1.165, 1.54) is 18.4 Å². The molecular formula is C24H25N3O2. The van der Waals surface area contributed by atoms with Gasteiger partial charge in [0.05, 0.1) is 17.3 Å². The number of rotatable bonds is 5. The van der Waals surface area contributed by atoms with Gasteiger partial charge in [0, 0.05) is 12.7 Å². The highest BCUT2D eigenvalue weighted by atomic mass is 16.4. The van der Waals surface area contributed by atoms with E-state index in [1.54, 1.807) is 18.5 Å². The predicted molar refractivity (Wildman–Crippen MR) is 113 cm³/mol. The van der Waals surface area contributed by atoms with Crippen LogP contribution in [0.25, 0.3) is 11.1 Å². The molecule has 1 N–H and O–H groups in total. The molecule has 2 aromatic carbocycles. The van der Waals surface area contributed by atoms with Crippen LogP contribution in [0.4, 0.5) is 0 Å². The number of nitrogens with zero attached hydrogens (tertiary/aromatic N) is 3. The van der Waals surface area contributed by atoms with Gasteiger partial charge in [0.1, 0.15) is 6.33 Å². The number of aryl methyl sites for hydroxylation is 1. The van der Waals surface area contributed by atoms with Gasteiger partial charge >= 0.3 is 5.97 Å². The highest BCUT2D eigenvalue weighted by Gasteiger charge is 2.26. The molecule has 0 spiro atoms. The minimum Gasteiger partial charge on any atom is -0.478 e. The Morgan fingerprint density at radius 3 is 2.69 bits per heavy atom. The first-order chi connectivity index (χ1) is 14.1. The van der Waals surface area contributed by atoms with Gasteiger partial charge in [-0.3, -0.25) is 4.90 Å². The molecule has 5 nitrogen and oxygen atoms in total. The third-order valence-corrected chi connectivity index (χ3v) is 5.67. The van der Waals surface area contributed by atoms with Gasteiger partial charge in [0.25, 0.3) is 0 Å². The molecule has 1 aliphatic heterocycles. The molecule has 1 unspecified atom stereocenters. The van der Waals surface area contributed by atoms with E-state index < -0.39 is 5.97 Å². The van der Waals surface area contributed by atoms with Crippen LogP contribution in [0.15, 0.2) is 61.1 Å². The second-order valence-electron chi connectivity index (χ2n) is 7.62. The van der Waals surface area contributed by atoms with Gasteiger partial charge in [0.2, 0.25) is 0 Å². The average molecular weight is 387 g/mol. The Bertz CT molecular complexity index is 1000. The summed E-state index contributed by atoms with van der Waals surface area (Å²) in [6, 6.07) is 15.7. The van der Waals surface area contributed by atoms with Crippen molar-refractivity contribution in [3.8, 4) is 11.1 Å². The van der Waals surface area contributed by atoms with E-state index in [1.807, 2.05) is 30.5 Å². The molecule has 0 bridgehead atoms. The summed E-state index contributed by atoms with van der Waals surface area (Å²) in [6.45, 7) is 3.99. The number of benzene rings is 2. The zero-order valence-corrected chi connectivity index (χ0v) is 16.6. The molecule has 1 fully saturated rings. The summed E-state index contributed by atoms with van der Waals surface area (Å²) < 4.78 is 0. The molecule has 2 heterocycles. The van der Waals surface area contributed by atoms with Gasteiger partial charge in [-0.25, -0.2) is 14.8 Å². The number of hydrogen-bond acceptors (Lipinski definition) is 4. The SMILES string of the molecule is Cc1cncnc1C1CCCCN1Cc1ccc(-c2ccccc2C(=O)O)cc1. The van der Waals surface area contributed by atoms with Crippen molar-refractivity contribution >= 4 is 5.97 Å². The van der Waals surface area contributed by atoms with Crippen LogP contribution >= 0.6 is 0 Å². The van der Waals surface area contributed by atoms with Crippen LogP contribution in [-0.2, 0) is 6.54 Å². The largest absolute Gasteiger partial charge is 0.478 e. The quantitative estimate of drug-likeness (QED) is 0.676. The molecule has 0 aliphatic carbocycles. The lowest BCUT2D eigenvalue weighted by Crippen LogP contribution is -2.33. The van der Waals surface area contributed by atoms with E-state index in [4.69, 9.17) is 0 Å². The Hall–Kier alpha value is -3.05. The Labute approximate surface area is 171 Å². The molecule has 1 aromatic heterocycles. The Morgan fingerprint density at radius 1 is 1.14 bits per heavy atom. The molecule has 148 valence electrons. The Kier molecular flexibility index (Phi) is 5.67.